The normalized spacial score (nSPS) is 19.8. The van der Waals surface area contributed by atoms with E-state index in [2.05, 4.69) is 10.3 Å². The van der Waals surface area contributed by atoms with Gasteiger partial charge in [-0.2, -0.15) is 17.0 Å². The van der Waals surface area contributed by atoms with Gasteiger partial charge in [-0.25, -0.2) is 4.98 Å². The fraction of sp³-hybridized carbons (Fsp3) is 0.455. The number of thioether (sulfide) groups is 1. The van der Waals surface area contributed by atoms with E-state index in [1.54, 1.807) is 12.3 Å². The summed E-state index contributed by atoms with van der Waals surface area (Å²) < 4.78 is 0. The van der Waals surface area contributed by atoms with Gasteiger partial charge in [0.05, 0.1) is 11.9 Å². The summed E-state index contributed by atoms with van der Waals surface area (Å²) >= 11 is 2.02. The van der Waals surface area contributed by atoms with Crippen LogP contribution in [0.4, 0.5) is 5.69 Å². The van der Waals surface area contributed by atoms with E-state index in [1.165, 1.54) is 17.9 Å². The van der Waals surface area contributed by atoms with E-state index >= 15 is 0 Å². The lowest BCUT2D eigenvalue weighted by molar-refractivity contribution is 0.631. The molecule has 1 saturated heterocycles. The van der Waals surface area contributed by atoms with Crippen molar-refractivity contribution in [1.29, 1.82) is 5.26 Å². The lowest BCUT2D eigenvalue weighted by Crippen LogP contribution is -2.13. The Morgan fingerprint density at radius 3 is 3.13 bits per heavy atom. The van der Waals surface area contributed by atoms with Crippen LogP contribution in [0.5, 0.6) is 0 Å². The molecule has 15 heavy (non-hydrogen) atoms. The molecule has 1 aliphatic heterocycles. The van der Waals surface area contributed by atoms with Gasteiger partial charge >= 0.3 is 0 Å². The molecule has 3 nitrogen and oxygen atoms in total. The van der Waals surface area contributed by atoms with Crippen molar-refractivity contribution in [3.8, 4) is 6.07 Å². The number of pyridine rings is 1. The third-order valence-corrected chi connectivity index (χ3v) is 3.73. The molecule has 1 unspecified atom stereocenters. The zero-order chi connectivity index (χ0) is 10.5. The number of rotatable bonds is 3. The number of anilines is 1. The number of hydrogen-bond acceptors (Lipinski definition) is 4. The Kier molecular flexibility index (Phi) is 3.46. The van der Waals surface area contributed by atoms with Crippen molar-refractivity contribution in [1.82, 2.24) is 4.98 Å². The van der Waals surface area contributed by atoms with Gasteiger partial charge in [0, 0.05) is 6.54 Å². The highest BCUT2D eigenvalue weighted by atomic mass is 32.2. The molecule has 2 rings (SSSR count). The Labute approximate surface area is 93.9 Å². The highest BCUT2D eigenvalue weighted by Crippen LogP contribution is 2.23. The van der Waals surface area contributed by atoms with Gasteiger partial charge in [0.2, 0.25) is 0 Å². The monoisotopic (exact) mass is 219 g/mol. The predicted octanol–water partition coefficient (Wildman–Crippen LogP) is 2.12. The molecule has 0 radical (unpaired) electrons. The largest absolute Gasteiger partial charge is 0.383 e. The number of hydrogen-bond donors (Lipinski definition) is 1. The molecule has 0 spiro atoms. The summed E-state index contributed by atoms with van der Waals surface area (Å²) in [7, 11) is 0. The standard InChI is InChI=1S/C11H13N3S/c12-5-10-1-2-11(7-14-10)13-6-9-3-4-15-8-9/h1-2,7,9,13H,3-4,6,8H2. The number of nitriles is 1. The Morgan fingerprint density at radius 1 is 1.60 bits per heavy atom. The molecule has 0 saturated carbocycles. The molecule has 0 aromatic carbocycles. The van der Waals surface area contributed by atoms with E-state index < -0.39 is 0 Å². The highest BCUT2D eigenvalue weighted by molar-refractivity contribution is 7.99. The summed E-state index contributed by atoms with van der Waals surface area (Å²) in [6.45, 7) is 1.01. The third-order valence-electron chi connectivity index (χ3n) is 2.50. The molecule has 1 aliphatic rings. The van der Waals surface area contributed by atoms with Crippen LogP contribution in [-0.2, 0) is 0 Å². The van der Waals surface area contributed by atoms with Crippen molar-refractivity contribution in [3.05, 3.63) is 24.0 Å². The summed E-state index contributed by atoms with van der Waals surface area (Å²) in [4.78, 5) is 4.01. The number of nitrogens with zero attached hydrogens (tertiary/aromatic N) is 2. The first-order valence-electron chi connectivity index (χ1n) is 5.06. The first kappa shape index (κ1) is 10.3. The van der Waals surface area contributed by atoms with E-state index in [0.717, 1.165) is 18.2 Å². The maximum Gasteiger partial charge on any atom is 0.140 e. The van der Waals surface area contributed by atoms with Crippen LogP contribution < -0.4 is 5.32 Å². The van der Waals surface area contributed by atoms with E-state index in [0.29, 0.717) is 5.69 Å². The first-order valence-corrected chi connectivity index (χ1v) is 6.22. The summed E-state index contributed by atoms with van der Waals surface area (Å²) in [5.41, 5.74) is 1.47. The summed E-state index contributed by atoms with van der Waals surface area (Å²) in [6, 6.07) is 5.66. The quantitative estimate of drug-likeness (QED) is 0.846. The van der Waals surface area contributed by atoms with Gasteiger partial charge in [-0.15, -0.1) is 0 Å². The minimum atomic E-state index is 0.469. The zero-order valence-corrected chi connectivity index (χ0v) is 9.26. The van der Waals surface area contributed by atoms with Gasteiger partial charge in [-0.3, -0.25) is 0 Å². The maximum atomic E-state index is 8.60. The third kappa shape index (κ3) is 2.87. The molecule has 1 N–H and O–H groups in total. The first-order chi connectivity index (χ1) is 7.38. The van der Waals surface area contributed by atoms with Crippen molar-refractivity contribution in [3.63, 3.8) is 0 Å². The molecule has 78 valence electrons. The molecule has 0 bridgehead atoms. The van der Waals surface area contributed by atoms with Crippen molar-refractivity contribution >= 4 is 17.4 Å². The second-order valence-electron chi connectivity index (χ2n) is 3.65. The Morgan fingerprint density at radius 2 is 2.53 bits per heavy atom. The van der Waals surface area contributed by atoms with E-state index in [4.69, 9.17) is 5.26 Å². The average Bonchev–Trinajstić information content (AvgIpc) is 2.80. The summed E-state index contributed by atoms with van der Waals surface area (Å²) in [5.74, 6) is 3.33. The molecule has 1 aromatic rings. The van der Waals surface area contributed by atoms with Gasteiger partial charge < -0.3 is 5.32 Å². The van der Waals surface area contributed by atoms with Gasteiger partial charge in [-0.1, -0.05) is 0 Å². The topological polar surface area (TPSA) is 48.7 Å². The van der Waals surface area contributed by atoms with Crippen LogP contribution in [0.1, 0.15) is 12.1 Å². The fourth-order valence-electron chi connectivity index (χ4n) is 1.57. The molecular weight excluding hydrogens is 206 g/mol. The van der Waals surface area contributed by atoms with E-state index in [-0.39, 0.29) is 0 Å². The minimum Gasteiger partial charge on any atom is -0.383 e. The smallest absolute Gasteiger partial charge is 0.140 e. The Balaban J connectivity index is 1.85. The molecule has 2 heterocycles. The Bertz CT molecular complexity index is 349. The van der Waals surface area contributed by atoms with Gasteiger partial charge in [0.1, 0.15) is 11.8 Å². The number of nitrogens with one attached hydrogen (secondary N) is 1. The molecular formula is C11H13N3S. The summed E-state index contributed by atoms with van der Waals surface area (Å²) in [5, 5.41) is 11.9. The molecule has 4 heteroatoms. The minimum absolute atomic E-state index is 0.469. The van der Waals surface area contributed by atoms with Crippen LogP contribution in [0.2, 0.25) is 0 Å². The molecule has 1 atom stereocenters. The fourth-order valence-corrected chi connectivity index (χ4v) is 2.86. The van der Waals surface area contributed by atoms with E-state index in [9.17, 15) is 0 Å². The lowest BCUT2D eigenvalue weighted by Gasteiger charge is -2.10. The highest BCUT2D eigenvalue weighted by Gasteiger charge is 2.14. The molecule has 1 aromatic heterocycles. The number of aromatic nitrogens is 1. The maximum absolute atomic E-state index is 8.60. The van der Waals surface area contributed by atoms with Crippen LogP contribution in [0.3, 0.4) is 0 Å². The predicted molar refractivity (Wildman–Crippen MR) is 62.9 cm³/mol. The van der Waals surface area contributed by atoms with Crippen molar-refractivity contribution in [2.45, 2.75) is 6.42 Å². The van der Waals surface area contributed by atoms with Crippen LogP contribution in [0.15, 0.2) is 18.3 Å². The molecule has 0 amide bonds. The van der Waals surface area contributed by atoms with Gasteiger partial charge in [0.25, 0.3) is 0 Å². The van der Waals surface area contributed by atoms with Crippen LogP contribution >= 0.6 is 11.8 Å². The average molecular weight is 219 g/mol. The second-order valence-corrected chi connectivity index (χ2v) is 4.80. The van der Waals surface area contributed by atoms with Gasteiger partial charge in [0.15, 0.2) is 0 Å². The lowest BCUT2D eigenvalue weighted by atomic mass is 10.1. The van der Waals surface area contributed by atoms with Crippen molar-refractivity contribution in [2.75, 3.05) is 23.4 Å². The second kappa shape index (κ2) is 5.04. The zero-order valence-electron chi connectivity index (χ0n) is 8.44. The van der Waals surface area contributed by atoms with Crippen LogP contribution in [0, 0.1) is 17.2 Å². The molecule has 1 fully saturated rings. The van der Waals surface area contributed by atoms with Crippen molar-refractivity contribution in [2.24, 2.45) is 5.92 Å². The summed E-state index contributed by atoms with van der Waals surface area (Å²) in [6.07, 6.45) is 3.03. The van der Waals surface area contributed by atoms with Crippen LogP contribution in [-0.4, -0.2) is 23.0 Å². The Hall–Kier alpha value is -1.21. The van der Waals surface area contributed by atoms with Crippen LogP contribution in [0.25, 0.3) is 0 Å². The van der Waals surface area contributed by atoms with E-state index in [1.807, 2.05) is 23.9 Å². The van der Waals surface area contributed by atoms with Crippen molar-refractivity contribution < 1.29 is 0 Å². The SMILES string of the molecule is N#Cc1ccc(NCC2CCSC2)cn1. The molecule has 0 aliphatic carbocycles. The van der Waals surface area contributed by atoms with Gasteiger partial charge in [-0.05, 0) is 36.0 Å².